The predicted octanol–water partition coefficient (Wildman–Crippen LogP) is 3.75. The third-order valence-corrected chi connectivity index (χ3v) is 4.64. The van der Waals surface area contributed by atoms with Crippen molar-refractivity contribution in [3.63, 3.8) is 0 Å². The van der Waals surface area contributed by atoms with Crippen LogP contribution in [0.25, 0.3) is 0 Å². The number of benzene rings is 1. The number of rotatable bonds is 5. The molecule has 5 nitrogen and oxygen atoms in total. The molecule has 0 radical (unpaired) electrons. The number of hydrogen-bond acceptors (Lipinski definition) is 4. The molecular formula is C17H24N2O3S. The van der Waals surface area contributed by atoms with Crippen molar-refractivity contribution < 1.29 is 14.3 Å². The fourth-order valence-electron chi connectivity index (χ4n) is 2.79. The van der Waals surface area contributed by atoms with Gasteiger partial charge in [-0.15, -0.1) is 11.8 Å². The van der Waals surface area contributed by atoms with Gasteiger partial charge in [0.1, 0.15) is 0 Å². The van der Waals surface area contributed by atoms with Gasteiger partial charge in [0.2, 0.25) is 0 Å². The molecule has 1 aromatic carbocycles. The van der Waals surface area contributed by atoms with Gasteiger partial charge in [-0.2, -0.15) is 0 Å². The first-order valence-corrected chi connectivity index (χ1v) is 9.23. The summed E-state index contributed by atoms with van der Waals surface area (Å²) >= 11 is 1.63. The van der Waals surface area contributed by atoms with Gasteiger partial charge in [-0.05, 0) is 50.6 Å². The Kier molecular flexibility index (Phi) is 6.77. The molecule has 2 rings (SSSR count). The van der Waals surface area contributed by atoms with Gasteiger partial charge in [0.15, 0.2) is 0 Å². The highest BCUT2D eigenvalue weighted by Gasteiger charge is 2.29. The van der Waals surface area contributed by atoms with E-state index in [1.165, 1.54) is 0 Å². The van der Waals surface area contributed by atoms with E-state index in [1.54, 1.807) is 23.6 Å². The molecule has 2 amide bonds. The van der Waals surface area contributed by atoms with Crippen molar-refractivity contribution in [2.75, 3.05) is 24.7 Å². The minimum absolute atomic E-state index is 0.0773. The van der Waals surface area contributed by atoms with E-state index in [4.69, 9.17) is 4.74 Å². The van der Waals surface area contributed by atoms with Gasteiger partial charge in [0.05, 0.1) is 13.0 Å². The third kappa shape index (κ3) is 5.16. The van der Waals surface area contributed by atoms with Crippen LogP contribution in [0.1, 0.15) is 32.6 Å². The van der Waals surface area contributed by atoms with Gasteiger partial charge in [0.25, 0.3) is 0 Å². The molecule has 0 aliphatic carbocycles. The van der Waals surface area contributed by atoms with E-state index < -0.39 is 0 Å². The summed E-state index contributed by atoms with van der Waals surface area (Å²) in [4.78, 5) is 27.2. The van der Waals surface area contributed by atoms with E-state index in [2.05, 4.69) is 5.32 Å². The number of nitrogens with one attached hydrogen (secondary N) is 1. The maximum absolute atomic E-state index is 12.6. The Morgan fingerprint density at radius 2 is 2.22 bits per heavy atom. The largest absolute Gasteiger partial charge is 0.466 e. The lowest BCUT2D eigenvalue weighted by Gasteiger charge is -2.35. The van der Waals surface area contributed by atoms with E-state index in [9.17, 15) is 9.59 Å². The summed E-state index contributed by atoms with van der Waals surface area (Å²) in [6.45, 7) is 2.85. The van der Waals surface area contributed by atoms with Crippen molar-refractivity contribution in [1.29, 1.82) is 0 Å². The highest BCUT2D eigenvalue weighted by Crippen LogP contribution is 2.23. The van der Waals surface area contributed by atoms with Crippen molar-refractivity contribution >= 4 is 29.4 Å². The van der Waals surface area contributed by atoms with E-state index in [1.807, 2.05) is 30.5 Å². The molecule has 0 saturated carbocycles. The topological polar surface area (TPSA) is 58.6 Å². The van der Waals surface area contributed by atoms with Gasteiger partial charge in [-0.3, -0.25) is 4.79 Å². The van der Waals surface area contributed by atoms with Crippen LogP contribution < -0.4 is 5.32 Å². The number of piperidine rings is 1. The van der Waals surface area contributed by atoms with Gasteiger partial charge in [-0.25, -0.2) is 4.79 Å². The summed E-state index contributed by atoms with van der Waals surface area (Å²) in [5, 5.41) is 2.94. The molecule has 0 bridgehead atoms. The Balaban J connectivity index is 2.01. The molecule has 126 valence electrons. The minimum Gasteiger partial charge on any atom is -0.466 e. The van der Waals surface area contributed by atoms with Crippen LogP contribution in [-0.4, -0.2) is 42.3 Å². The lowest BCUT2D eigenvalue weighted by Crippen LogP contribution is -2.46. The first-order chi connectivity index (χ1) is 11.1. The van der Waals surface area contributed by atoms with Crippen LogP contribution in [0.4, 0.5) is 10.5 Å². The molecule has 23 heavy (non-hydrogen) atoms. The summed E-state index contributed by atoms with van der Waals surface area (Å²) in [5.74, 6) is -0.235. The predicted molar refractivity (Wildman–Crippen MR) is 92.8 cm³/mol. The quantitative estimate of drug-likeness (QED) is 0.657. The molecule has 1 saturated heterocycles. The van der Waals surface area contributed by atoms with Crippen LogP contribution in [0.3, 0.4) is 0 Å². The molecule has 1 aliphatic heterocycles. The maximum atomic E-state index is 12.6. The second-order valence-electron chi connectivity index (χ2n) is 5.51. The Morgan fingerprint density at radius 1 is 1.39 bits per heavy atom. The van der Waals surface area contributed by atoms with Gasteiger partial charge >= 0.3 is 12.0 Å². The number of esters is 1. The van der Waals surface area contributed by atoms with Crippen molar-refractivity contribution in [1.82, 2.24) is 4.90 Å². The van der Waals surface area contributed by atoms with Crippen LogP contribution >= 0.6 is 11.8 Å². The number of carbonyl (C=O) groups excluding carboxylic acids is 2. The number of hydrogen-bond donors (Lipinski definition) is 1. The van der Waals surface area contributed by atoms with E-state index >= 15 is 0 Å². The zero-order valence-corrected chi connectivity index (χ0v) is 14.5. The number of carbonyl (C=O) groups is 2. The number of anilines is 1. The Bertz CT molecular complexity index is 550. The van der Waals surface area contributed by atoms with Crippen LogP contribution in [0, 0.1) is 0 Å². The lowest BCUT2D eigenvalue weighted by molar-refractivity contribution is -0.144. The molecule has 1 aromatic rings. The summed E-state index contributed by atoms with van der Waals surface area (Å²) in [6, 6.07) is 7.54. The number of urea groups is 1. The summed E-state index contributed by atoms with van der Waals surface area (Å²) in [7, 11) is 0. The zero-order valence-electron chi connectivity index (χ0n) is 13.7. The summed E-state index contributed by atoms with van der Waals surface area (Å²) in [6.07, 6.45) is 5.12. The molecule has 1 N–H and O–H groups in total. The molecule has 0 aromatic heterocycles. The smallest absolute Gasteiger partial charge is 0.322 e. The Labute approximate surface area is 141 Å². The summed E-state index contributed by atoms with van der Waals surface area (Å²) in [5.41, 5.74) is 0.780. The Morgan fingerprint density at radius 3 is 2.96 bits per heavy atom. The van der Waals surface area contributed by atoms with Crippen molar-refractivity contribution in [3.8, 4) is 0 Å². The van der Waals surface area contributed by atoms with Gasteiger partial charge in [0, 0.05) is 23.2 Å². The number of amides is 2. The highest BCUT2D eigenvalue weighted by molar-refractivity contribution is 7.98. The zero-order chi connectivity index (χ0) is 16.7. The number of likely N-dealkylation sites (tertiary alicyclic amines) is 1. The van der Waals surface area contributed by atoms with Crippen LogP contribution in [0.2, 0.25) is 0 Å². The molecule has 1 fully saturated rings. The number of ether oxygens (including phenoxy) is 1. The minimum atomic E-state index is -0.235. The van der Waals surface area contributed by atoms with E-state index in [-0.39, 0.29) is 24.5 Å². The van der Waals surface area contributed by atoms with Crippen LogP contribution in [-0.2, 0) is 9.53 Å². The van der Waals surface area contributed by atoms with Crippen LogP contribution in [0.5, 0.6) is 0 Å². The second kappa shape index (κ2) is 8.82. The fraction of sp³-hybridized carbons (Fsp3) is 0.529. The highest BCUT2D eigenvalue weighted by atomic mass is 32.2. The van der Waals surface area contributed by atoms with E-state index in [0.717, 1.165) is 29.8 Å². The molecule has 0 unspecified atom stereocenters. The molecular weight excluding hydrogens is 312 g/mol. The molecule has 0 spiro atoms. The standard InChI is InChI=1S/C17H24N2O3S/c1-3-22-16(20)12-14-8-4-5-10-19(14)17(21)18-13-7-6-9-15(11-13)23-2/h6-7,9,11,14H,3-5,8,10,12H2,1-2H3,(H,18,21)/t14-/m0/s1. The van der Waals surface area contributed by atoms with Gasteiger partial charge in [-0.1, -0.05) is 6.07 Å². The average Bonchev–Trinajstić information content (AvgIpc) is 2.55. The molecule has 1 atom stereocenters. The van der Waals surface area contributed by atoms with E-state index in [0.29, 0.717) is 13.2 Å². The molecule has 6 heteroatoms. The monoisotopic (exact) mass is 336 g/mol. The fourth-order valence-corrected chi connectivity index (χ4v) is 3.25. The SMILES string of the molecule is CCOC(=O)C[C@@H]1CCCCN1C(=O)Nc1cccc(SC)c1. The number of nitrogens with zero attached hydrogens (tertiary/aromatic N) is 1. The average molecular weight is 336 g/mol. The Hall–Kier alpha value is -1.69. The molecule has 1 aliphatic rings. The van der Waals surface area contributed by atoms with Crippen molar-refractivity contribution in [2.45, 2.75) is 43.5 Å². The lowest BCUT2D eigenvalue weighted by atomic mass is 10.00. The first-order valence-electron chi connectivity index (χ1n) is 8.01. The van der Waals surface area contributed by atoms with Crippen LogP contribution in [0.15, 0.2) is 29.2 Å². The number of thioether (sulfide) groups is 1. The van der Waals surface area contributed by atoms with Crippen molar-refractivity contribution in [3.05, 3.63) is 24.3 Å². The molecule has 1 heterocycles. The first kappa shape index (κ1) is 17.7. The third-order valence-electron chi connectivity index (χ3n) is 3.92. The second-order valence-corrected chi connectivity index (χ2v) is 6.39. The maximum Gasteiger partial charge on any atom is 0.322 e. The normalized spacial score (nSPS) is 17.7. The van der Waals surface area contributed by atoms with Crippen molar-refractivity contribution in [2.24, 2.45) is 0 Å². The van der Waals surface area contributed by atoms with Gasteiger partial charge < -0.3 is 15.0 Å². The summed E-state index contributed by atoms with van der Waals surface area (Å²) < 4.78 is 5.02.